The van der Waals surface area contributed by atoms with Crippen LogP contribution in [0.3, 0.4) is 0 Å². The number of hydrogen-bond acceptors (Lipinski definition) is 4. The van der Waals surface area contributed by atoms with Gasteiger partial charge < -0.3 is 9.64 Å². The highest BCUT2D eigenvalue weighted by Crippen LogP contribution is 2.20. The molecule has 0 N–H and O–H groups in total. The van der Waals surface area contributed by atoms with Crippen LogP contribution in [0.25, 0.3) is 5.65 Å². The van der Waals surface area contributed by atoms with Gasteiger partial charge in [0.05, 0.1) is 12.7 Å². The lowest BCUT2D eigenvalue weighted by atomic mass is 10.2. The molecule has 1 aliphatic rings. The lowest BCUT2D eigenvalue weighted by Crippen LogP contribution is -2.42. The first-order chi connectivity index (χ1) is 8.25. The van der Waals surface area contributed by atoms with Gasteiger partial charge in [0.1, 0.15) is 12.1 Å². The van der Waals surface area contributed by atoms with E-state index in [1.165, 1.54) is 0 Å². The number of morpholine rings is 1. The molecule has 1 atom stereocenters. The van der Waals surface area contributed by atoms with Gasteiger partial charge in [-0.1, -0.05) is 6.07 Å². The Balaban J connectivity index is 2.05. The smallest absolute Gasteiger partial charge is 0.160 e. The Kier molecular flexibility index (Phi) is 2.48. The molecule has 90 valence electrons. The molecule has 2 aromatic rings. The van der Waals surface area contributed by atoms with Gasteiger partial charge in [-0.25, -0.2) is 4.98 Å². The van der Waals surface area contributed by atoms with Crippen molar-refractivity contribution in [3.05, 3.63) is 24.0 Å². The molecule has 5 heteroatoms. The Bertz CT molecular complexity index is 536. The summed E-state index contributed by atoms with van der Waals surface area (Å²) in [6, 6.07) is 4.20. The molecule has 17 heavy (non-hydrogen) atoms. The van der Waals surface area contributed by atoms with Crippen molar-refractivity contribution in [3.63, 3.8) is 0 Å². The fourth-order valence-corrected chi connectivity index (χ4v) is 2.29. The number of fused-ring (bicyclic) bond motifs is 1. The molecule has 0 radical (unpaired) electrons. The van der Waals surface area contributed by atoms with E-state index in [0.717, 1.165) is 36.7 Å². The van der Waals surface area contributed by atoms with Crippen LogP contribution in [0.2, 0.25) is 0 Å². The Hall–Kier alpha value is -1.62. The van der Waals surface area contributed by atoms with Gasteiger partial charge in [-0.3, -0.25) is 0 Å². The molecular weight excluding hydrogens is 216 g/mol. The quantitative estimate of drug-likeness (QED) is 0.742. The molecule has 1 saturated heterocycles. The van der Waals surface area contributed by atoms with Gasteiger partial charge in [0.25, 0.3) is 0 Å². The van der Waals surface area contributed by atoms with E-state index in [0.29, 0.717) is 0 Å². The summed E-state index contributed by atoms with van der Waals surface area (Å²) in [5.74, 6) is 1.10. The fourth-order valence-electron chi connectivity index (χ4n) is 2.29. The lowest BCUT2D eigenvalue weighted by molar-refractivity contribution is 0.0528. The standard InChI is InChI=1S/C12H16N4O/c1-9-3-4-11(16-12(9)13-8-14-16)15-5-6-17-10(2)7-15/h3-4,8,10H,5-7H2,1-2H3. The second-order valence-electron chi connectivity index (χ2n) is 4.50. The molecule has 1 aliphatic heterocycles. The maximum atomic E-state index is 5.56. The zero-order valence-electron chi connectivity index (χ0n) is 10.1. The number of hydrogen-bond donors (Lipinski definition) is 0. The van der Waals surface area contributed by atoms with E-state index in [9.17, 15) is 0 Å². The highest BCUT2D eigenvalue weighted by Gasteiger charge is 2.19. The van der Waals surface area contributed by atoms with Crippen molar-refractivity contribution in [3.8, 4) is 0 Å². The van der Waals surface area contributed by atoms with Gasteiger partial charge in [-0.05, 0) is 25.5 Å². The second-order valence-corrected chi connectivity index (χ2v) is 4.50. The maximum Gasteiger partial charge on any atom is 0.160 e. The molecule has 3 heterocycles. The van der Waals surface area contributed by atoms with Gasteiger partial charge in [-0.15, -0.1) is 0 Å². The fraction of sp³-hybridized carbons (Fsp3) is 0.500. The summed E-state index contributed by atoms with van der Waals surface area (Å²) in [6.45, 7) is 6.72. The van der Waals surface area contributed by atoms with Crippen LogP contribution < -0.4 is 4.90 Å². The lowest BCUT2D eigenvalue weighted by Gasteiger charge is -2.32. The first-order valence-electron chi connectivity index (χ1n) is 5.91. The van der Waals surface area contributed by atoms with Crippen LogP contribution in [0.15, 0.2) is 18.5 Å². The summed E-state index contributed by atoms with van der Waals surface area (Å²) < 4.78 is 7.47. The highest BCUT2D eigenvalue weighted by atomic mass is 16.5. The van der Waals surface area contributed by atoms with Gasteiger partial charge in [-0.2, -0.15) is 9.61 Å². The number of anilines is 1. The van der Waals surface area contributed by atoms with E-state index in [1.54, 1.807) is 6.33 Å². The summed E-state index contributed by atoms with van der Waals surface area (Å²) in [5, 5.41) is 4.30. The number of aromatic nitrogens is 3. The average Bonchev–Trinajstić information content (AvgIpc) is 2.79. The zero-order valence-corrected chi connectivity index (χ0v) is 10.1. The molecule has 0 aromatic carbocycles. The summed E-state index contributed by atoms with van der Waals surface area (Å²) in [4.78, 5) is 6.59. The van der Waals surface area contributed by atoms with Crippen molar-refractivity contribution in [1.82, 2.24) is 14.6 Å². The largest absolute Gasteiger partial charge is 0.375 e. The van der Waals surface area contributed by atoms with Gasteiger partial charge in [0.15, 0.2) is 5.65 Å². The summed E-state index contributed by atoms with van der Waals surface area (Å²) in [6.07, 6.45) is 1.87. The van der Waals surface area contributed by atoms with Crippen LogP contribution in [0.5, 0.6) is 0 Å². The second kappa shape index (κ2) is 4.00. The first kappa shape index (κ1) is 10.5. The van der Waals surface area contributed by atoms with Gasteiger partial charge in [0.2, 0.25) is 0 Å². The van der Waals surface area contributed by atoms with E-state index in [-0.39, 0.29) is 6.10 Å². The third-order valence-electron chi connectivity index (χ3n) is 3.16. The van der Waals surface area contributed by atoms with E-state index >= 15 is 0 Å². The predicted molar refractivity (Wildman–Crippen MR) is 65.4 cm³/mol. The van der Waals surface area contributed by atoms with Crippen LogP contribution in [0, 0.1) is 6.92 Å². The van der Waals surface area contributed by atoms with Gasteiger partial charge >= 0.3 is 0 Å². The number of aryl methyl sites for hydroxylation is 1. The van der Waals surface area contributed by atoms with Crippen molar-refractivity contribution >= 4 is 11.5 Å². The minimum absolute atomic E-state index is 0.267. The average molecular weight is 232 g/mol. The minimum Gasteiger partial charge on any atom is -0.375 e. The van der Waals surface area contributed by atoms with E-state index in [2.05, 4.69) is 41.0 Å². The Morgan fingerprint density at radius 3 is 3.12 bits per heavy atom. The molecule has 5 nitrogen and oxygen atoms in total. The van der Waals surface area contributed by atoms with Crippen molar-refractivity contribution in [2.45, 2.75) is 20.0 Å². The van der Waals surface area contributed by atoms with Crippen molar-refractivity contribution < 1.29 is 4.74 Å². The minimum atomic E-state index is 0.267. The predicted octanol–water partition coefficient (Wildman–Crippen LogP) is 1.26. The molecule has 2 aromatic heterocycles. The molecule has 1 fully saturated rings. The molecule has 0 saturated carbocycles. The topological polar surface area (TPSA) is 42.7 Å². The summed E-state index contributed by atoms with van der Waals surface area (Å²) in [5.41, 5.74) is 2.08. The van der Waals surface area contributed by atoms with Crippen molar-refractivity contribution in [2.24, 2.45) is 0 Å². The maximum absolute atomic E-state index is 5.56. The van der Waals surface area contributed by atoms with Crippen LogP contribution in [-0.4, -0.2) is 40.4 Å². The van der Waals surface area contributed by atoms with Crippen molar-refractivity contribution in [2.75, 3.05) is 24.6 Å². The van der Waals surface area contributed by atoms with E-state index in [4.69, 9.17) is 4.74 Å². The molecular formula is C12H16N4O. The van der Waals surface area contributed by atoms with E-state index < -0.39 is 0 Å². The zero-order chi connectivity index (χ0) is 11.8. The molecule has 0 aliphatic carbocycles. The summed E-state index contributed by atoms with van der Waals surface area (Å²) >= 11 is 0. The third-order valence-corrected chi connectivity index (χ3v) is 3.16. The normalized spacial score (nSPS) is 21.1. The van der Waals surface area contributed by atoms with Crippen LogP contribution >= 0.6 is 0 Å². The number of rotatable bonds is 1. The molecule has 3 rings (SSSR count). The SMILES string of the molecule is Cc1ccc(N2CCOC(C)C2)n2ncnc12. The van der Waals surface area contributed by atoms with Crippen LogP contribution in [0.1, 0.15) is 12.5 Å². The Morgan fingerprint density at radius 2 is 2.29 bits per heavy atom. The Morgan fingerprint density at radius 1 is 1.41 bits per heavy atom. The molecule has 0 spiro atoms. The molecule has 1 unspecified atom stereocenters. The van der Waals surface area contributed by atoms with Crippen molar-refractivity contribution in [1.29, 1.82) is 0 Å². The summed E-state index contributed by atoms with van der Waals surface area (Å²) in [7, 11) is 0. The number of nitrogens with zero attached hydrogens (tertiary/aromatic N) is 4. The van der Waals surface area contributed by atoms with Gasteiger partial charge in [0, 0.05) is 13.1 Å². The highest BCUT2D eigenvalue weighted by molar-refractivity contribution is 5.55. The monoisotopic (exact) mass is 232 g/mol. The number of ether oxygens (including phenoxy) is 1. The van der Waals surface area contributed by atoms with Crippen LogP contribution in [0.4, 0.5) is 5.82 Å². The van der Waals surface area contributed by atoms with E-state index in [1.807, 2.05) is 4.52 Å². The molecule has 0 amide bonds. The number of pyridine rings is 1. The Labute approximate surface area is 100 Å². The van der Waals surface area contributed by atoms with Crippen LogP contribution in [-0.2, 0) is 4.74 Å². The first-order valence-corrected chi connectivity index (χ1v) is 5.91. The molecule has 0 bridgehead atoms. The third kappa shape index (κ3) is 1.76.